The summed E-state index contributed by atoms with van der Waals surface area (Å²) >= 11 is 0. The van der Waals surface area contributed by atoms with Crippen LogP contribution in [0.3, 0.4) is 0 Å². The van der Waals surface area contributed by atoms with Crippen LogP contribution in [0.15, 0.2) is 57.9 Å². The average molecular weight is 387 g/mol. The maximum Gasteiger partial charge on any atom is 0.262 e. The fourth-order valence-electron chi connectivity index (χ4n) is 2.25. The number of hydrogen-bond acceptors (Lipinski definition) is 7. The lowest BCUT2D eigenvalue weighted by Crippen LogP contribution is -2.20. The van der Waals surface area contributed by atoms with Crippen molar-refractivity contribution < 1.29 is 22.5 Å². The second-order valence-corrected chi connectivity index (χ2v) is 7.81. The fraction of sp³-hybridized carbons (Fsp3) is 0.167. The minimum atomic E-state index is -3.27. The average Bonchev–Trinajstić information content (AvgIpc) is 3.06. The summed E-state index contributed by atoms with van der Waals surface area (Å²) in [6.07, 6.45) is 1.12. The molecule has 0 fully saturated rings. The zero-order valence-corrected chi connectivity index (χ0v) is 15.5. The minimum absolute atomic E-state index is 0.186. The molecule has 1 heterocycles. The molecule has 140 valence electrons. The third-order valence-corrected chi connectivity index (χ3v) is 4.70. The van der Waals surface area contributed by atoms with Gasteiger partial charge in [0.25, 0.3) is 5.91 Å². The molecule has 0 spiro atoms. The van der Waals surface area contributed by atoms with Gasteiger partial charge in [-0.3, -0.25) is 4.79 Å². The Labute approximate surface area is 156 Å². The fourth-order valence-corrected chi connectivity index (χ4v) is 2.88. The molecule has 0 aliphatic heterocycles. The van der Waals surface area contributed by atoms with Crippen LogP contribution in [0.2, 0.25) is 0 Å². The Bertz CT molecular complexity index is 1040. The van der Waals surface area contributed by atoms with E-state index < -0.39 is 9.84 Å². The normalized spacial score (nSPS) is 11.2. The predicted octanol–water partition coefficient (Wildman–Crippen LogP) is 2.47. The van der Waals surface area contributed by atoms with Gasteiger partial charge in [-0.1, -0.05) is 5.16 Å². The number of carbonyl (C=O) groups is 1. The number of rotatable bonds is 6. The number of anilines is 1. The van der Waals surface area contributed by atoms with Crippen molar-refractivity contribution in [2.45, 2.75) is 11.8 Å². The highest BCUT2D eigenvalue weighted by atomic mass is 32.2. The van der Waals surface area contributed by atoms with Crippen molar-refractivity contribution in [1.29, 1.82) is 0 Å². The molecule has 0 aliphatic rings. The Kier molecular flexibility index (Phi) is 5.22. The number of nitrogens with one attached hydrogen (secondary N) is 1. The highest BCUT2D eigenvalue weighted by molar-refractivity contribution is 7.90. The highest BCUT2D eigenvalue weighted by Gasteiger charge is 2.09. The van der Waals surface area contributed by atoms with Crippen molar-refractivity contribution in [3.8, 4) is 17.1 Å². The van der Waals surface area contributed by atoms with Crippen LogP contribution in [0.5, 0.6) is 5.75 Å². The number of hydrogen-bond donors (Lipinski definition) is 1. The topological polar surface area (TPSA) is 111 Å². The monoisotopic (exact) mass is 387 g/mol. The van der Waals surface area contributed by atoms with E-state index in [4.69, 9.17) is 9.26 Å². The Morgan fingerprint density at radius 2 is 1.78 bits per heavy atom. The second-order valence-electron chi connectivity index (χ2n) is 5.79. The van der Waals surface area contributed by atoms with E-state index in [9.17, 15) is 13.2 Å². The standard InChI is InChI=1S/C18H17N3O5S/c1-12-19-18(21-26-12)13-3-7-15(8-4-13)25-11-17(22)20-14-5-9-16(10-6-14)27(2,23)24/h3-10H,11H2,1-2H3,(H,20,22). The Morgan fingerprint density at radius 1 is 1.11 bits per heavy atom. The zero-order chi connectivity index (χ0) is 19.4. The first-order valence-electron chi connectivity index (χ1n) is 7.95. The van der Waals surface area contributed by atoms with Gasteiger partial charge in [0.2, 0.25) is 11.7 Å². The molecule has 3 aromatic rings. The van der Waals surface area contributed by atoms with E-state index in [0.717, 1.165) is 11.8 Å². The van der Waals surface area contributed by atoms with Gasteiger partial charge in [-0.25, -0.2) is 8.42 Å². The molecule has 0 saturated heterocycles. The van der Waals surface area contributed by atoms with Gasteiger partial charge in [0.15, 0.2) is 16.4 Å². The van der Waals surface area contributed by atoms with Crippen LogP contribution < -0.4 is 10.1 Å². The molecular weight excluding hydrogens is 370 g/mol. The van der Waals surface area contributed by atoms with E-state index in [-0.39, 0.29) is 17.4 Å². The summed E-state index contributed by atoms with van der Waals surface area (Å²) in [4.78, 5) is 16.3. The highest BCUT2D eigenvalue weighted by Crippen LogP contribution is 2.20. The number of sulfone groups is 1. The van der Waals surface area contributed by atoms with Crippen LogP contribution in [-0.2, 0) is 14.6 Å². The van der Waals surface area contributed by atoms with E-state index in [1.165, 1.54) is 24.3 Å². The molecule has 0 bridgehead atoms. The smallest absolute Gasteiger partial charge is 0.262 e. The van der Waals surface area contributed by atoms with Gasteiger partial charge in [-0.2, -0.15) is 4.98 Å². The maximum absolute atomic E-state index is 12.0. The molecule has 0 aliphatic carbocycles. The van der Waals surface area contributed by atoms with Crippen molar-refractivity contribution in [3.05, 3.63) is 54.4 Å². The van der Waals surface area contributed by atoms with Crippen molar-refractivity contribution in [2.75, 3.05) is 18.2 Å². The van der Waals surface area contributed by atoms with Gasteiger partial charge >= 0.3 is 0 Å². The van der Waals surface area contributed by atoms with E-state index >= 15 is 0 Å². The molecule has 0 radical (unpaired) electrons. The predicted molar refractivity (Wildman–Crippen MR) is 98.1 cm³/mol. The molecule has 1 amide bonds. The van der Waals surface area contributed by atoms with Crippen LogP contribution in [-0.4, -0.2) is 37.3 Å². The third kappa shape index (κ3) is 4.91. The van der Waals surface area contributed by atoms with Gasteiger partial charge in [-0.15, -0.1) is 0 Å². The zero-order valence-electron chi connectivity index (χ0n) is 14.7. The lowest BCUT2D eigenvalue weighted by Gasteiger charge is -2.08. The molecule has 9 heteroatoms. The summed E-state index contributed by atoms with van der Waals surface area (Å²) in [6.45, 7) is 1.52. The van der Waals surface area contributed by atoms with E-state index in [0.29, 0.717) is 23.2 Å². The van der Waals surface area contributed by atoms with Crippen molar-refractivity contribution >= 4 is 21.4 Å². The SMILES string of the molecule is Cc1nc(-c2ccc(OCC(=O)Nc3ccc(S(C)(=O)=O)cc3)cc2)no1. The van der Waals surface area contributed by atoms with Crippen molar-refractivity contribution in [1.82, 2.24) is 10.1 Å². The molecule has 2 aromatic carbocycles. The van der Waals surface area contributed by atoms with Crippen LogP contribution in [0.25, 0.3) is 11.4 Å². The third-order valence-electron chi connectivity index (χ3n) is 3.58. The van der Waals surface area contributed by atoms with Crippen LogP contribution in [0.1, 0.15) is 5.89 Å². The molecular formula is C18H17N3O5S. The van der Waals surface area contributed by atoms with Crippen molar-refractivity contribution in [3.63, 3.8) is 0 Å². The molecule has 8 nitrogen and oxygen atoms in total. The lowest BCUT2D eigenvalue weighted by atomic mass is 10.2. The number of nitrogens with zero attached hydrogens (tertiary/aromatic N) is 2. The number of carbonyl (C=O) groups excluding carboxylic acids is 1. The summed E-state index contributed by atoms with van der Waals surface area (Å²) in [7, 11) is -3.27. The maximum atomic E-state index is 12.0. The Hall–Kier alpha value is -3.20. The summed E-state index contributed by atoms with van der Waals surface area (Å²) in [5.74, 6) is 1.11. The molecule has 0 unspecified atom stereocenters. The molecule has 1 aromatic heterocycles. The molecule has 0 atom stereocenters. The van der Waals surface area contributed by atoms with Crippen molar-refractivity contribution in [2.24, 2.45) is 0 Å². The molecule has 27 heavy (non-hydrogen) atoms. The number of aryl methyl sites for hydroxylation is 1. The first-order valence-corrected chi connectivity index (χ1v) is 9.84. The number of aromatic nitrogens is 2. The molecule has 0 saturated carbocycles. The van der Waals surface area contributed by atoms with E-state index in [1.807, 2.05) is 0 Å². The first-order chi connectivity index (χ1) is 12.8. The van der Waals surface area contributed by atoms with E-state index in [2.05, 4.69) is 15.5 Å². The summed E-state index contributed by atoms with van der Waals surface area (Å²) < 4.78 is 33.2. The Balaban J connectivity index is 1.54. The first kappa shape index (κ1) is 18.6. The number of amides is 1. The van der Waals surface area contributed by atoms with Crippen LogP contribution >= 0.6 is 0 Å². The van der Waals surface area contributed by atoms with Crippen LogP contribution in [0.4, 0.5) is 5.69 Å². The lowest BCUT2D eigenvalue weighted by molar-refractivity contribution is -0.118. The van der Waals surface area contributed by atoms with Gasteiger partial charge in [0.05, 0.1) is 4.90 Å². The summed E-state index contributed by atoms with van der Waals surface area (Å²) in [6, 6.07) is 12.9. The minimum Gasteiger partial charge on any atom is -0.484 e. The van der Waals surface area contributed by atoms with Gasteiger partial charge < -0.3 is 14.6 Å². The quantitative estimate of drug-likeness (QED) is 0.691. The van der Waals surface area contributed by atoms with Gasteiger partial charge in [0.1, 0.15) is 5.75 Å². The second kappa shape index (κ2) is 7.58. The van der Waals surface area contributed by atoms with Gasteiger partial charge in [-0.05, 0) is 48.5 Å². The van der Waals surface area contributed by atoms with Crippen LogP contribution in [0, 0.1) is 6.92 Å². The Morgan fingerprint density at radius 3 is 2.33 bits per heavy atom. The number of benzene rings is 2. The molecule has 1 N–H and O–H groups in total. The largest absolute Gasteiger partial charge is 0.484 e. The summed E-state index contributed by atoms with van der Waals surface area (Å²) in [5, 5.41) is 6.47. The molecule has 3 rings (SSSR count). The summed E-state index contributed by atoms with van der Waals surface area (Å²) in [5.41, 5.74) is 1.26. The van der Waals surface area contributed by atoms with E-state index in [1.54, 1.807) is 31.2 Å². The number of ether oxygens (including phenoxy) is 1. The van der Waals surface area contributed by atoms with Gasteiger partial charge in [0, 0.05) is 24.4 Å².